The number of anilines is 3. The van der Waals surface area contributed by atoms with Crippen LogP contribution < -0.4 is 9.64 Å². The van der Waals surface area contributed by atoms with Crippen LogP contribution in [0, 0.1) is 0 Å². The maximum absolute atomic E-state index is 6.88. The molecule has 1 aromatic heterocycles. The summed E-state index contributed by atoms with van der Waals surface area (Å²) in [5.41, 5.74) is 12.8. The zero-order valence-corrected chi connectivity index (χ0v) is 28.7. The van der Waals surface area contributed by atoms with Gasteiger partial charge in [0.05, 0.1) is 22.8 Å². The fourth-order valence-electron chi connectivity index (χ4n) is 7.81. The van der Waals surface area contributed by atoms with Gasteiger partial charge in [-0.05, 0) is 41.5 Å². The first-order chi connectivity index (χ1) is 24.3. The SMILES string of the molecule is CC1(C)c2ccc(-c3cc(-c4ccccc4)nc(-c4ccccc4)n3)cc2Oc2cc(N3c4ccccc4C(C)(C)c4ccccc43)ccc21. The van der Waals surface area contributed by atoms with E-state index in [1.54, 1.807) is 0 Å². The number of ether oxygens (including phenoxy) is 1. The van der Waals surface area contributed by atoms with Crippen molar-refractivity contribution in [1.29, 1.82) is 0 Å². The highest BCUT2D eigenvalue weighted by Crippen LogP contribution is 2.54. The molecule has 9 rings (SSSR count). The second-order valence-corrected chi connectivity index (χ2v) is 14.3. The summed E-state index contributed by atoms with van der Waals surface area (Å²) in [5.74, 6) is 2.41. The number of hydrogen-bond donors (Lipinski definition) is 0. The monoisotopic (exact) mass is 647 g/mol. The van der Waals surface area contributed by atoms with Gasteiger partial charge in [-0.1, -0.05) is 143 Å². The predicted molar refractivity (Wildman–Crippen MR) is 204 cm³/mol. The van der Waals surface area contributed by atoms with Gasteiger partial charge in [0, 0.05) is 50.4 Å². The van der Waals surface area contributed by atoms with Crippen LogP contribution in [-0.4, -0.2) is 9.97 Å². The van der Waals surface area contributed by atoms with Crippen LogP contribution in [0.25, 0.3) is 33.9 Å². The summed E-state index contributed by atoms with van der Waals surface area (Å²) >= 11 is 0. The molecule has 0 unspecified atom stereocenters. The molecule has 0 aliphatic carbocycles. The number of rotatable bonds is 4. The average Bonchev–Trinajstić information content (AvgIpc) is 3.15. The van der Waals surface area contributed by atoms with E-state index in [9.17, 15) is 0 Å². The van der Waals surface area contributed by atoms with Crippen molar-refractivity contribution in [3.8, 4) is 45.4 Å². The van der Waals surface area contributed by atoms with Gasteiger partial charge in [-0.15, -0.1) is 0 Å². The van der Waals surface area contributed by atoms with Crippen LogP contribution in [0.15, 0.2) is 152 Å². The third-order valence-electron chi connectivity index (χ3n) is 10.5. The van der Waals surface area contributed by atoms with E-state index in [0.717, 1.165) is 50.8 Å². The van der Waals surface area contributed by atoms with Crippen molar-refractivity contribution in [2.75, 3.05) is 4.90 Å². The van der Waals surface area contributed by atoms with Crippen molar-refractivity contribution in [2.45, 2.75) is 38.5 Å². The van der Waals surface area contributed by atoms with Crippen LogP contribution >= 0.6 is 0 Å². The lowest BCUT2D eigenvalue weighted by molar-refractivity contribution is 0.418. The fraction of sp³-hybridized carbons (Fsp3) is 0.130. The Hall–Kier alpha value is -6.00. The minimum atomic E-state index is -0.268. The van der Waals surface area contributed by atoms with E-state index >= 15 is 0 Å². The van der Waals surface area contributed by atoms with Crippen LogP contribution in [0.5, 0.6) is 11.5 Å². The fourth-order valence-corrected chi connectivity index (χ4v) is 7.81. The quantitative estimate of drug-likeness (QED) is 0.191. The van der Waals surface area contributed by atoms with Gasteiger partial charge in [0.15, 0.2) is 5.82 Å². The smallest absolute Gasteiger partial charge is 0.160 e. The molecule has 2 aliphatic heterocycles. The van der Waals surface area contributed by atoms with Crippen LogP contribution in [0.1, 0.15) is 49.9 Å². The second kappa shape index (κ2) is 11.3. The van der Waals surface area contributed by atoms with Crippen molar-refractivity contribution < 1.29 is 4.74 Å². The lowest BCUT2D eigenvalue weighted by Crippen LogP contribution is -2.30. The molecule has 0 amide bonds. The highest BCUT2D eigenvalue weighted by Gasteiger charge is 2.38. The van der Waals surface area contributed by atoms with E-state index in [2.05, 4.69) is 148 Å². The zero-order chi connectivity index (χ0) is 34.0. The Labute approximate surface area is 293 Å². The van der Waals surface area contributed by atoms with Gasteiger partial charge in [0.1, 0.15) is 11.5 Å². The van der Waals surface area contributed by atoms with Gasteiger partial charge in [-0.25, -0.2) is 9.97 Å². The van der Waals surface area contributed by atoms with Crippen molar-refractivity contribution in [3.05, 3.63) is 174 Å². The third kappa shape index (κ3) is 4.74. The molecular weight excluding hydrogens is 611 g/mol. The Morgan fingerprint density at radius 1 is 0.440 bits per heavy atom. The molecule has 50 heavy (non-hydrogen) atoms. The van der Waals surface area contributed by atoms with Crippen molar-refractivity contribution in [2.24, 2.45) is 0 Å². The maximum Gasteiger partial charge on any atom is 0.160 e. The molecule has 4 nitrogen and oxygen atoms in total. The lowest BCUT2D eigenvalue weighted by Gasteiger charge is -2.42. The Morgan fingerprint density at radius 3 is 1.58 bits per heavy atom. The Morgan fingerprint density at radius 2 is 0.940 bits per heavy atom. The van der Waals surface area contributed by atoms with Crippen LogP contribution in [0.2, 0.25) is 0 Å². The third-order valence-corrected chi connectivity index (χ3v) is 10.5. The van der Waals surface area contributed by atoms with E-state index in [4.69, 9.17) is 14.7 Å². The predicted octanol–water partition coefficient (Wildman–Crippen LogP) is 12.0. The maximum atomic E-state index is 6.88. The van der Waals surface area contributed by atoms with Gasteiger partial charge in [0.25, 0.3) is 0 Å². The molecular formula is C46H37N3O. The van der Waals surface area contributed by atoms with E-state index in [0.29, 0.717) is 5.82 Å². The number of benzene rings is 6. The van der Waals surface area contributed by atoms with E-state index in [-0.39, 0.29) is 10.8 Å². The summed E-state index contributed by atoms with van der Waals surface area (Å²) in [6.07, 6.45) is 0. The number of aromatic nitrogens is 2. The molecule has 0 bridgehead atoms. The number of fused-ring (bicyclic) bond motifs is 4. The molecule has 0 atom stereocenters. The van der Waals surface area contributed by atoms with Gasteiger partial charge in [0.2, 0.25) is 0 Å². The van der Waals surface area contributed by atoms with Gasteiger partial charge < -0.3 is 9.64 Å². The molecule has 0 radical (unpaired) electrons. The molecule has 6 aromatic carbocycles. The molecule has 3 heterocycles. The summed E-state index contributed by atoms with van der Waals surface area (Å²) in [5, 5.41) is 0. The molecule has 2 aliphatic rings. The average molecular weight is 648 g/mol. The Kier molecular flexibility index (Phi) is 6.79. The standard InChI is InChI=1S/C46H37N3O/c1-45(2)34-19-11-13-21-40(34)49(41-22-14-12-20-35(41)45)33-24-26-37-43(28-33)50-42-27-32(23-25-36(42)46(37,3)4)39-29-38(30-15-7-5-8-16-30)47-44(48-39)31-17-9-6-10-18-31/h5-29H,1-4H3. The molecule has 0 saturated heterocycles. The normalized spacial score (nSPS) is 14.8. The van der Waals surface area contributed by atoms with Crippen molar-refractivity contribution in [1.82, 2.24) is 9.97 Å². The zero-order valence-electron chi connectivity index (χ0n) is 28.7. The van der Waals surface area contributed by atoms with Crippen molar-refractivity contribution in [3.63, 3.8) is 0 Å². The highest BCUT2D eigenvalue weighted by atomic mass is 16.5. The van der Waals surface area contributed by atoms with E-state index < -0.39 is 0 Å². The first-order valence-corrected chi connectivity index (χ1v) is 17.3. The summed E-state index contributed by atoms with van der Waals surface area (Å²) in [6.45, 7) is 9.20. The van der Waals surface area contributed by atoms with Crippen LogP contribution in [0.4, 0.5) is 17.1 Å². The minimum absolute atomic E-state index is 0.118. The van der Waals surface area contributed by atoms with Gasteiger partial charge >= 0.3 is 0 Å². The van der Waals surface area contributed by atoms with Crippen molar-refractivity contribution >= 4 is 17.1 Å². The van der Waals surface area contributed by atoms with Gasteiger partial charge in [-0.3, -0.25) is 0 Å². The Bertz CT molecular complexity index is 2310. The number of nitrogens with zero attached hydrogens (tertiary/aromatic N) is 3. The molecule has 242 valence electrons. The molecule has 0 fully saturated rings. The summed E-state index contributed by atoms with van der Waals surface area (Å²) < 4.78 is 6.88. The molecule has 0 saturated carbocycles. The highest BCUT2D eigenvalue weighted by molar-refractivity contribution is 5.86. The molecule has 0 N–H and O–H groups in total. The summed E-state index contributed by atoms with van der Waals surface area (Å²) in [6, 6.07) is 53.3. The molecule has 4 heteroatoms. The summed E-state index contributed by atoms with van der Waals surface area (Å²) in [4.78, 5) is 12.5. The Balaban J connectivity index is 1.15. The largest absolute Gasteiger partial charge is 0.457 e. The van der Waals surface area contributed by atoms with E-state index in [1.807, 2.05) is 36.4 Å². The van der Waals surface area contributed by atoms with E-state index in [1.165, 1.54) is 28.1 Å². The molecule has 0 spiro atoms. The number of para-hydroxylation sites is 2. The lowest BCUT2D eigenvalue weighted by atomic mass is 9.73. The summed E-state index contributed by atoms with van der Waals surface area (Å²) in [7, 11) is 0. The van der Waals surface area contributed by atoms with Crippen LogP contribution in [-0.2, 0) is 10.8 Å². The number of hydrogen-bond acceptors (Lipinski definition) is 4. The van der Waals surface area contributed by atoms with Crippen LogP contribution in [0.3, 0.4) is 0 Å². The molecule has 7 aromatic rings. The topological polar surface area (TPSA) is 38.3 Å². The second-order valence-electron chi connectivity index (χ2n) is 14.3. The first-order valence-electron chi connectivity index (χ1n) is 17.3. The first kappa shape index (κ1) is 30.1. The van der Waals surface area contributed by atoms with Gasteiger partial charge in [-0.2, -0.15) is 0 Å². The minimum Gasteiger partial charge on any atom is -0.457 e.